The second-order valence-electron chi connectivity index (χ2n) is 4.12. The van der Waals surface area contributed by atoms with E-state index in [9.17, 15) is 4.79 Å². The summed E-state index contributed by atoms with van der Waals surface area (Å²) < 4.78 is 0. The maximum absolute atomic E-state index is 11.4. The van der Waals surface area contributed by atoms with Gasteiger partial charge in [0.05, 0.1) is 11.7 Å². The Labute approximate surface area is 106 Å². The van der Waals surface area contributed by atoms with Gasteiger partial charge in [-0.2, -0.15) is 0 Å². The van der Waals surface area contributed by atoms with Gasteiger partial charge in [-0.3, -0.25) is 9.78 Å². The van der Waals surface area contributed by atoms with Crippen molar-refractivity contribution in [2.45, 2.75) is 36.1 Å². The first-order valence-corrected chi connectivity index (χ1v) is 6.27. The molecule has 0 aliphatic heterocycles. The number of hydrogen-bond donors (Lipinski definition) is 2. The summed E-state index contributed by atoms with van der Waals surface area (Å²) in [5.41, 5.74) is 4.70. The maximum atomic E-state index is 11.4. The van der Waals surface area contributed by atoms with E-state index in [0.29, 0.717) is 6.42 Å². The molecule has 1 aromatic rings. The van der Waals surface area contributed by atoms with Crippen LogP contribution in [0.5, 0.6) is 0 Å². The lowest BCUT2D eigenvalue weighted by Gasteiger charge is -2.28. The van der Waals surface area contributed by atoms with Crippen LogP contribution < -0.4 is 11.1 Å². The van der Waals surface area contributed by atoms with Crippen LogP contribution in [0.4, 0.5) is 0 Å². The number of rotatable bonds is 6. The van der Waals surface area contributed by atoms with E-state index in [2.05, 4.69) is 15.3 Å². The van der Waals surface area contributed by atoms with Crippen LogP contribution in [0.1, 0.15) is 20.3 Å². The van der Waals surface area contributed by atoms with Crippen molar-refractivity contribution < 1.29 is 4.79 Å². The largest absolute Gasteiger partial charge is 0.368 e. The number of likely N-dealkylation sites (N-methyl/N-ethyl adjacent to an activating group) is 1. The summed E-state index contributed by atoms with van der Waals surface area (Å²) in [4.78, 5) is 19.5. The second kappa shape index (κ2) is 5.97. The Kier molecular flexibility index (Phi) is 4.89. The molecule has 0 aliphatic carbocycles. The molecule has 1 heterocycles. The third-order valence-electron chi connectivity index (χ3n) is 2.65. The molecule has 0 radical (unpaired) electrons. The lowest BCUT2D eigenvalue weighted by Crippen LogP contribution is -2.52. The highest BCUT2D eigenvalue weighted by Crippen LogP contribution is 2.26. The Morgan fingerprint density at radius 2 is 2.35 bits per heavy atom. The smallest absolute Gasteiger partial charge is 0.237 e. The van der Waals surface area contributed by atoms with E-state index in [-0.39, 0.29) is 11.2 Å². The van der Waals surface area contributed by atoms with Crippen molar-refractivity contribution in [2.24, 2.45) is 5.73 Å². The van der Waals surface area contributed by atoms with Crippen LogP contribution in [0.2, 0.25) is 0 Å². The van der Waals surface area contributed by atoms with Crippen molar-refractivity contribution in [2.75, 3.05) is 7.05 Å². The second-order valence-corrected chi connectivity index (χ2v) is 5.58. The number of thioether (sulfide) groups is 1. The van der Waals surface area contributed by atoms with Crippen LogP contribution in [0.3, 0.4) is 0 Å². The molecule has 0 aliphatic rings. The Bertz CT molecular complexity index is 373. The summed E-state index contributed by atoms with van der Waals surface area (Å²) in [6, 6.07) is 0. The minimum atomic E-state index is -0.686. The van der Waals surface area contributed by atoms with Crippen molar-refractivity contribution in [1.29, 1.82) is 0 Å². The van der Waals surface area contributed by atoms with E-state index in [1.165, 1.54) is 0 Å². The molecule has 1 aromatic heterocycles. The minimum absolute atomic E-state index is 0.219. The lowest BCUT2D eigenvalue weighted by atomic mass is 9.95. The van der Waals surface area contributed by atoms with E-state index in [1.54, 1.807) is 37.4 Å². The van der Waals surface area contributed by atoms with Crippen LogP contribution in [-0.2, 0) is 4.79 Å². The highest BCUT2D eigenvalue weighted by atomic mass is 32.2. The number of nitrogens with two attached hydrogens (primary N) is 1. The van der Waals surface area contributed by atoms with Gasteiger partial charge in [0.2, 0.25) is 5.91 Å². The van der Waals surface area contributed by atoms with Crippen LogP contribution in [0.25, 0.3) is 0 Å². The molecule has 0 bridgehead atoms. The number of hydrogen-bond acceptors (Lipinski definition) is 5. The van der Waals surface area contributed by atoms with Crippen molar-refractivity contribution in [3.8, 4) is 0 Å². The van der Waals surface area contributed by atoms with Crippen molar-refractivity contribution in [3.63, 3.8) is 0 Å². The zero-order chi connectivity index (χ0) is 12.9. The van der Waals surface area contributed by atoms with Gasteiger partial charge in [0, 0.05) is 17.6 Å². The SMILES string of the molecule is CNC(C)(CC(C)Sc1cnccn1)C(N)=O. The van der Waals surface area contributed by atoms with Gasteiger partial charge in [-0.25, -0.2) is 4.98 Å². The average Bonchev–Trinajstić information content (AvgIpc) is 2.29. The van der Waals surface area contributed by atoms with Gasteiger partial charge in [0.15, 0.2) is 0 Å². The zero-order valence-electron chi connectivity index (χ0n) is 10.3. The third-order valence-corrected chi connectivity index (χ3v) is 3.67. The highest BCUT2D eigenvalue weighted by Gasteiger charge is 2.31. The fourth-order valence-corrected chi connectivity index (χ4v) is 2.57. The molecule has 94 valence electrons. The molecule has 2 atom stereocenters. The normalized spacial score (nSPS) is 16.2. The first-order chi connectivity index (χ1) is 7.98. The van der Waals surface area contributed by atoms with E-state index in [1.807, 2.05) is 13.8 Å². The molecule has 0 saturated heterocycles. The van der Waals surface area contributed by atoms with Gasteiger partial charge < -0.3 is 11.1 Å². The quantitative estimate of drug-likeness (QED) is 0.734. The Morgan fingerprint density at radius 3 is 2.82 bits per heavy atom. The fraction of sp³-hybridized carbons (Fsp3) is 0.545. The number of primary amides is 1. The fourth-order valence-electron chi connectivity index (χ4n) is 1.49. The van der Waals surface area contributed by atoms with Crippen molar-refractivity contribution >= 4 is 17.7 Å². The van der Waals surface area contributed by atoms with E-state index < -0.39 is 5.54 Å². The molecule has 1 rings (SSSR count). The number of amides is 1. The minimum Gasteiger partial charge on any atom is -0.368 e. The predicted octanol–water partition coefficient (Wildman–Crippen LogP) is 0.811. The van der Waals surface area contributed by atoms with Crippen LogP contribution in [0, 0.1) is 0 Å². The molecule has 0 fully saturated rings. The monoisotopic (exact) mass is 254 g/mol. The molecular formula is C11H18N4OS. The molecule has 2 unspecified atom stereocenters. The molecule has 6 heteroatoms. The van der Waals surface area contributed by atoms with Gasteiger partial charge in [-0.15, -0.1) is 11.8 Å². The number of aromatic nitrogens is 2. The van der Waals surface area contributed by atoms with Gasteiger partial charge in [-0.1, -0.05) is 6.92 Å². The van der Waals surface area contributed by atoms with Crippen LogP contribution in [0.15, 0.2) is 23.6 Å². The first-order valence-electron chi connectivity index (χ1n) is 5.39. The molecule has 17 heavy (non-hydrogen) atoms. The summed E-state index contributed by atoms with van der Waals surface area (Å²) in [6.45, 7) is 3.85. The summed E-state index contributed by atoms with van der Waals surface area (Å²) in [5.74, 6) is -0.341. The number of carbonyl (C=O) groups excluding carboxylic acids is 1. The lowest BCUT2D eigenvalue weighted by molar-refractivity contribution is -0.123. The summed E-state index contributed by atoms with van der Waals surface area (Å²) in [6.07, 6.45) is 5.64. The standard InChI is InChI=1S/C11H18N4OS/c1-8(6-11(2,13-3)10(12)16)17-9-7-14-4-5-15-9/h4-5,7-8,13H,6H2,1-3H3,(H2,12,16). The first kappa shape index (κ1) is 13.9. The molecule has 0 aromatic carbocycles. The Balaban J connectivity index is 2.60. The Hall–Kier alpha value is -1.14. The van der Waals surface area contributed by atoms with Crippen LogP contribution >= 0.6 is 11.8 Å². The molecule has 0 spiro atoms. The van der Waals surface area contributed by atoms with E-state index in [4.69, 9.17) is 5.73 Å². The average molecular weight is 254 g/mol. The highest BCUT2D eigenvalue weighted by molar-refractivity contribution is 7.99. The van der Waals surface area contributed by atoms with Gasteiger partial charge in [-0.05, 0) is 20.4 Å². The summed E-state index contributed by atoms with van der Waals surface area (Å²) >= 11 is 1.58. The van der Waals surface area contributed by atoms with E-state index in [0.717, 1.165) is 5.03 Å². The number of carbonyl (C=O) groups is 1. The van der Waals surface area contributed by atoms with Crippen molar-refractivity contribution in [3.05, 3.63) is 18.6 Å². The van der Waals surface area contributed by atoms with Gasteiger partial charge in [0.25, 0.3) is 0 Å². The predicted molar refractivity (Wildman–Crippen MR) is 68.6 cm³/mol. The molecular weight excluding hydrogens is 236 g/mol. The molecule has 1 amide bonds. The van der Waals surface area contributed by atoms with E-state index >= 15 is 0 Å². The maximum Gasteiger partial charge on any atom is 0.237 e. The summed E-state index contributed by atoms with van der Waals surface area (Å²) in [7, 11) is 1.74. The zero-order valence-corrected chi connectivity index (χ0v) is 11.1. The molecule has 5 nitrogen and oxygen atoms in total. The van der Waals surface area contributed by atoms with Crippen molar-refractivity contribution in [1.82, 2.24) is 15.3 Å². The van der Waals surface area contributed by atoms with Gasteiger partial charge >= 0.3 is 0 Å². The number of nitrogens with one attached hydrogen (secondary N) is 1. The number of nitrogens with zero attached hydrogens (tertiary/aromatic N) is 2. The Morgan fingerprint density at radius 1 is 1.65 bits per heavy atom. The topological polar surface area (TPSA) is 80.9 Å². The molecule has 3 N–H and O–H groups in total. The van der Waals surface area contributed by atoms with Crippen LogP contribution in [-0.4, -0.2) is 33.7 Å². The molecule has 0 saturated carbocycles. The third kappa shape index (κ3) is 3.98. The summed E-state index contributed by atoms with van der Waals surface area (Å²) in [5, 5.41) is 4.04. The van der Waals surface area contributed by atoms with Gasteiger partial charge in [0.1, 0.15) is 5.03 Å².